The molecule has 7 nitrogen and oxygen atoms in total. The third-order valence-electron chi connectivity index (χ3n) is 3.72. The maximum Gasteiger partial charge on any atom is 0.320 e. The fourth-order valence-corrected chi connectivity index (χ4v) is 2.67. The molecule has 0 N–H and O–H groups in total. The number of ether oxygens (including phenoxy) is 1. The van der Waals surface area contributed by atoms with Crippen LogP contribution in [0.2, 0.25) is 0 Å². The van der Waals surface area contributed by atoms with Crippen molar-refractivity contribution < 1.29 is 18.8 Å². The van der Waals surface area contributed by atoms with Crippen LogP contribution in [0.15, 0.2) is 18.2 Å². The zero-order valence-corrected chi connectivity index (χ0v) is 13.0. The van der Waals surface area contributed by atoms with E-state index in [0.717, 1.165) is 12.5 Å². The van der Waals surface area contributed by atoms with Gasteiger partial charge in [-0.05, 0) is 25.5 Å². The van der Waals surface area contributed by atoms with E-state index in [0.29, 0.717) is 38.5 Å². The number of hydrogen-bond acceptors (Lipinski definition) is 6. The van der Waals surface area contributed by atoms with Crippen molar-refractivity contribution in [3.63, 3.8) is 0 Å². The Hall–Kier alpha value is -2.22. The number of nitro benzene ring substituents is 1. The lowest BCUT2D eigenvalue weighted by molar-refractivity contribution is -0.384. The fourth-order valence-electron chi connectivity index (χ4n) is 2.67. The minimum absolute atomic E-state index is 0.215. The Labute approximate surface area is 133 Å². The monoisotopic (exact) mass is 325 g/mol. The predicted octanol–water partition coefficient (Wildman–Crippen LogP) is 1.81. The number of benzene rings is 1. The quantitative estimate of drug-likeness (QED) is 0.467. The van der Waals surface area contributed by atoms with Gasteiger partial charge in [-0.25, -0.2) is 4.39 Å². The summed E-state index contributed by atoms with van der Waals surface area (Å²) >= 11 is 0. The molecule has 1 heterocycles. The molecule has 0 aromatic heterocycles. The van der Waals surface area contributed by atoms with Crippen LogP contribution in [-0.4, -0.2) is 55.1 Å². The van der Waals surface area contributed by atoms with Crippen LogP contribution in [0.5, 0.6) is 0 Å². The fraction of sp³-hybridized carbons (Fsp3) is 0.533. The second-order valence-corrected chi connectivity index (χ2v) is 5.31. The summed E-state index contributed by atoms with van der Waals surface area (Å²) in [7, 11) is 0. The van der Waals surface area contributed by atoms with Crippen molar-refractivity contribution in [1.82, 2.24) is 4.90 Å². The number of halogens is 1. The first kappa shape index (κ1) is 17.1. The van der Waals surface area contributed by atoms with E-state index in [4.69, 9.17) is 4.74 Å². The number of esters is 1. The first-order valence-corrected chi connectivity index (χ1v) is 7.58. The van der Waals surface area contributed by atoms with E-state index >= 15 is 0 Å². The molecule has 1 aliphatic heterocycles. The number of hydrogen-bond donors (Lipinski definition) is 0. The summed E-state index contributed by atoms with van der Waals surface area (Å²) in [5.74, 6) is -0.895. The van der Waals surface area contributed by atoms with Gasteiger partial charge in [-0.15, -0.1) is 0 Å². The zero-order valence-electron chi connectivity index (χ0n) is 13.0. The number of carbonyl (C=O) groups is 1. The van der Waals surface area contributed by atoms with Gasteiger partial charge in [-0.2, -0.15) is 0 Å². The van der Waals surface area contributed by atoms with Gasteiger partial charge in [-0.1, -0.05) is 0 Å². The van der Waals surface area contributed by atoms with Crippen LogP contribution in [0.1, 0.15) is 13.3 Å². The SMILES string of the molecule is CCOC(=O)CN1CCCN(c2ccc(F)cc2[N+](=O)[O-])CC1. The largest absolute Gasteiger partial charge is 0.465 e. The topological polar surface area (TPSA) is 75.9 Å². The van der Waals surface area contributed by atoms with Gasteiger partial charge < -0.3 is 9.64 Å². The van der Waals surface area contributed by atoms with E-state index in [-0.39, 0.29) is 18.2 Å². The summed E-state index contributed by atoms with van der Waals surface area (Å²) in [5.41, 5.74) is 0.179. The number of nitrogens with zero attached hydrogens (tertiary/aromatic N) is 3. The van der Waals surface area contributed by atoms with Gasteiger partial charge in [0.05, 0.1) is 24.1 Å². The molecule has 0 unspecified atom stereocenters. The summed E-state index contributed by atoms with van der Waals surface area (Å²) in [5, 5.41) is 11.1. The Kier molecular flexibility index (Phi) is 5.86. The van der Waals surface area contributed by atoms with Crippen molar-refractivity contribution in [3.8, 4) is 0 Å². The lowest BCUT2D eigenvalue weighted by Gasteiger charge is -2.23. The minimum atomic E-state index is -0.626. The van der Waals surface area contributed by atoms with Gasteiger partial charge in [0.1, 0.15) is 11.5 Å². The minimum Gasteiger partial charge on any atom is -0.465 e. The van der Waals surface area contributed by atoms with Crippen LogP contribution in [0.25, 0.3) is 0 Å². The third-order valence-corrected chi connectivity index (χ3v) is 3.72. The first-order valence-electron chi connectivity index (χ1n) is 7.58. The average molecular weight is 325 g/mol. The van der Waals surface area contributed by atoms with E-state index < -0.39 is 10.7 Å². The molecule has 1 aromatic rings. The molecule has 0 atom stereocenters. The molecule has 23 heavy (non-hydrogen) atoms. The molecule has 0 saturated carbocycles. The Morgan fingerprint density at radius 2 is 2.13 bits per heavy atom. The van der Waals surface area contributed by atoms with Gasteiger partial charge in [0.25, 0.3) is 5.69 Å². The molecular weight excluding hydrogens is 305 g/mol. The van der Waals surface area contributed by atoms with Crippen LogP contribution >= 0.6 is 0 Å². The molecule has 0 bridgehead atoms. The Bertz CT molecular complexity index is 582. The van der Waals surface area contributed by atoms with E-state index in [9.17, 15) is 19.3 Å². The molecular formula is C15H20FN3O4. The molecule has 0 aliphatic carbocycles. The molecule has 8 heteroatoms. The van der Waals surface area contributed by atoms with Crippen LogP contribution in [-0.2, 0) is 9.53 Å². The Morgan fingerprint density at radius 3 is 2.83 bits per heavy atom. The van der Waals surface area contributed by atoms with Crippen molar-refractivity contribution in [2.45, 2.75) is 13.3 Å². The maximum atomic E-state index is 13.3. The van der Waals surface area contributed by atoms with Crippen molar-refractivity contribution in [3.05, 3.63) is 34.1 Å². The highest BCUT2D eigenvalue weighted by Gasteiger charge is 2.23. The number of rotatable bonds is 5. The molecule has 1 aliphatic rings. The van der Waals surface area contributed by atoms with Crippen molar-refractivity contribution in [1.29, 1.82) is 0 Å². The second kappa shape index (κ2) is 7.87. The van der Waals surface area contributed by atoms with Gasteiger partial charge in [-0.3, -0.25) is 19.8 Å². The number of anilines is 1. The second-order valence-electron chi connectivity index (χ2n) is 5.31. The van der Waals surface area contributed by atoms with Gasteiger partial charge >= 0.3 is 5.97 Å². The Balaban J connectivity index is 2.06. The van der Waals surface area contributed by atoms with Crippen molar-refractivity contribution in [2.24, 2.45) is 0 Å². The maximum absolute atomic E-state index is 13.3. The number of nitro groups is 1. The van der Waals surface area contributed by atoms with Crippen LogP contribution in [0.4, 0.5) is 15.8 Å². The van der Waals surface area contributed by atoms with Crippen molar-refractivity contribution >= 4 is 17.3 Å². The van der Waals surface area contributed by atoms with Crippen molar-refractivity contribution in [2.75, 3.05) is 44.2 Å². The van der Waals surface area contributed by atoms with Gasteiger partial charge in [0, 0.05) is 26.2 Å². The smallest absolute Gasteiger partial charge is 0.320 e. The molecule has 0 amide bonds. The summed E-state index contributed by atoms with van der Waals surface area (Å²) in [6.45, 7) is 4.78. The number of carbonyl (C=O) groups excluding carboxylic acids is 1. The van der Waals surface area contributed by atoms with Gasteiger partial charge in [0.2, 0.25) is 0 Å². The van der Waals surface area contributed by atoms with E-state index in [1.165, 1.54) is 12.1 Å². The van der Waals surface area contributed by atoms with Crippen LogP contribution < -0.4 is 4.90 Å². The zero-order chi connectivity index (χ0) is 16.8. The van der Waals surface area contributed by atoms with Crippen LogP contribution in [0.3, 0.4) is 0 Å². The highest BCUT2D eigenvalue weighted by molar-refractivity contribution is 5.71. The van der Waals surface area contributed by atoms with E-state index in [2.05, 4.69) is 0 Å². The summed E-state index contributed by atoms with van der Waals surface area (Å²) in [4.78, 5) is 25.9. The van der Waals surface area contributed by atoms with E-state index in [1.807, 2.05) is 9.80 Å². The molecule has 0 spiro atoms. The summed E-state index contributed by atoms with van der Waals surface area (Å²) in [6, 6.07) is 3.61. The van der Waals surface area contributed by atoms with Gasteiger partial charge in [0.15, 0.2) is 0 Å². The Morgan fingerprint density at radius 1 is 1.35 bits per heavy atom. The van der Waals surface area contributed by atoms with Crippen LogP contribution in [0, 0.1) is 15.9 Å². The molecule has 1 saturated heterocycles. The average Bonchev–Trinajstić information content (AvgIpc) is 2.73. The standard InChI is InChI=1S/C15H20FN3O4/c1-2-23-15(20)11-17-6-3-7-18(9-8-17)13-5-4-12(16)10-14(13)19(21)22/h4-5,10H,2-3,6-9,11H2,1H3. The molecule has 1 aromatic carbocycles. The van der Waals surface area contributed by atoms with E-state index in [1.54, 1.807) is 6.92 Å². The summed E-state index contributed by atoms with van der Waals surface area (Å²) < 4.78 is 18.2. The molecule has 2 rings (SSSR count). The molecule has 0 radical (unpaired) electrons. The normalized spacial score (nSPS) is 16.0. The predicted molar refractivity (Wildman–Crippen MR) is 83.0 cm³/mol. The lowest BCUT2D eigenvalue weighted by atomic mass is 10.2. The third kappa shape index (κ3) is 4.62. The first-order chi connectivity index (χ1) is 11.0. The summed E-state index contributed by atoms with van der Waals surface area (Å²) in [6.07, 6.45) is 0.758. The molecule has 1 fully saturated rings. The highest BCUT2D eigenvalue weighted by Crippen LogP contribution is 2.29. The molecule has 126 valence electrons. The lowest BCUT2D eigenvalue weighted by Crippen LogP contribution is -2.35. The highest BCUT2D eigenvalue weighted by atomic mass is 19.1.